The molecule has 0 unspecified atom stereocenters. The summed E-state index contributed by atoms with van der Waals surface area (Å²) in [7, 11) is 0. The fourth-order valence-corrected chi connectivity index (χ4v) is 1.75. The topological polar surface area (TPSA) is 35.2 Å². The van der Waals surface area contributed by atoms with E-state index in [1.165, 1.54) is 5.56 Å². The Balaban J connectivity index is 2.56. The molecule has 0 atom stereocenters. The van der Waals surface area contributed by atoms with Crippen LogP contribution in [0.3, 0.4) is 0 Å². The molecule has 1 aromatic rings. The lowest BCUT2D eigenvalue weighted by Crippen LogP contribution is -1.92. The number of rotatable bonds is 4. The highest BCUT2D eigenvalue weighted by Crippen LogP contribution is 2.25. The van der Waals surface area contributed by atoms with E-state index in [2.05, 4.69) is 6.07 Å². The minimum Gasteiger partial charge on any atom is -0.398 e. The van der Waals surface area contributed by atoms with Crippen LogP contribution in [0.5, 0.6) is 0 Å². The van der Waals surface area contributed by atoms with Crippen molar-refractivity contribution in [3.8, 4) is 0 Å². The molecule has 0 fully saturated rings. The van der Waals surface area contributed by atoms with E-state index in [1.54, 1.807) is 11.8 Å². The number of thioether (sulfide) groups is 1. The average Bonchev–Trinajstić information content (AvgIpc) is 2.09. The number of benzene rings is 1. The quantitative estimate of drug-likeness (QED) is 0.349. The minimum atomic E-state index is 0.670. The van der Waals surface area contributed by atoms with Crippen molar-refractivity contribution in [1.82, 2.24) is 0 Å². The number of nitrogen functional groups attached to an aromatic ring is 1. The van der Waals surface area contributed by atoms with Crippen molar-refractivity contribution < 1.29 is 4.74 Å². The van der Waals surface area contributed by atoms with E-state index >= 15 is 0 Å². The molecule has 0 saturated heterocycles. The van der Waals surface area contributed by atoms with E-state index in [1.807, 2.05) is 26.0 Å². The second kappa shape index (κ2) is 5.14. The molecule has 0 spiro atoms. The van der Waals surface area contributed by atoms with Crippen molar-refractivity contribution in [3.05, 3.63) is 23.8 Å². The zero-order valence-electron chi connectivity index (χ0n) is 8.04. The van der Waals surface area contributed by atoms with Gasteiger partial charge in [0, 0.05) is 17.2 Å². The van der Waals surface area contributed by atoms with Crippen molar-refractivity contribution in [2.24, 2.45) is 0 Å². The molecule has 2 N–H and O–H groups in total. The third-order valence-corrected chi connectivity index (χ3v) is 2.63. The van der Waals surface area contributed by atoms with Crippen LogP contribution < -0.4 is 5.73 Å². The van der Waals surface area contributed by atoms with Crippen LogP contribution >= 0.6 is 11.8 Å². The van der Waals surface area contributed by atoms with Gasteiger partial charge in [-0.1, -0.05) is 17.8 Å². The second-order valence-electron chi connectivity index (χ2n) is 2.80. The van der Waals surface area contributed by atoms with E-state index in [9.17, 15) is 0 Å². The van der Waals surface area contributed by atoms with Gasteiger partial charge in [0.05, 0.1) is 5.94 Å². The highest BCUT2D eigenvalue weighted by molar-refractivity contribution is 7.99. The van der Waals surface area contributed by atoms with Gasteiger partial charge in [0.15, 0.2) is 0 Å². The van der Waals surface area contributed by atoms with Crippen LogP contribution in [0.4, 0.5) is 5.69 Å². The van der Waals surface area contributed by atoms with Crippen LogP contribution in [-0.2, 0) is 4.74 Å². The Labute approximate surface area is 83.5 Å². The molecule has 0 aliphatic carbocycles. The van der Waals surface area contributed by atoms with Gasteiger partial charge < -0.3 is 10.5 Å². The lowest BCUT2D eigenvalue weighted by atomic mass is 10.2. The molecule has 13 heavy (non-hydrogen) atoms. The van der Waals surface area contributed by atoms with E-state index in [-0.39, 0.29) is 0 Å². The van der Waals surface area contributed by atoms with Crippen molar-refractivity contribution in [2.45, 2.75) is 18.7 Å². The van der Waals surface area contributed by atoms with E-state index in [4.69, 9.17) is 10.5 Å². The first-order valence-electron chi connectivity index (χ1n) is 4.30. The Morgan fingerprint density at radius 2 is 2.23 bits per heavy atom. The zero-order chi connectivity index (χ0) is 9.68. The number of hydrogen-bond acceptors (Lipinski definition) is 3. The van der Waals surface area contributed by atoms with Gasteiger partial charge in [-0.15, -0.1) is 0 Å². The van der Waals surface area contributed by atoms with Gasteiger partial charge in [0.1, 0.15) is 0 Å². The van der Waals surface area contributed by atoms with Crippen molar-refractivity contribution in [3.63, 3.8) is 0 Å². The van der Waals surface area contributed by atoms with Gasteiger partial charge in [0.2, 0.25) is 0 Å². The summed E-state index contributed by atoms with van der Waals surface area (Å²) in [5.41, 5.74) is 7.86. The standard InChI is InChI=1S/C10H15NOS/c1-3-12-7-13-10-5-4-8(2)6-9(10)11/h4-6H,3,7,11H2,1-2H3. The molecule has 0 saturated carbocycles. The summed E-state index contributed by atoms with van der Waals surface area (Å²) < 4.78 is 5.23. The Hall–Kier alpha value is -0.670. The molecule has 0 radical (unpaired) electrons. The molecule has 0 aliphatic heterocycles. The van der Waals surface area contributed by atoms with E-state index in [0.29, 0.717) is 5.94 Å². The molecule has 0 amide bonds. The fourth-order valence-electron chi connectivity index (χ4n) is 0.988. The zero-order valence-corrected chi connectivity index (χ0v) is 8.86. The van der Waals surface area contributed by atoms with Crippen LogP contribution in [0.25, 0.3) is 0 Å². The number of ether oxygens (including phenoxy) is 1. The smallest absolute Gasteiger partial charge is 0.0967 e. The molecule has 0 aromatic heterocycles. The monoisotopic (exact) mass is 197 g/mol. The Morgan fingerprint density at radius 1 is 1.46 bits per heavy atom. The van der Waals surface area contributed by atoms with E-state index < -0.39 is 0 Å². The highest BCUT2D eigenvalue weighted by atomic mass is 32.2. The largest absolute Gasteiger partial charge is 0.398 e. The first-order valence-corrected chi connectivity index (χ1v) is 5.29. The molecule has 1 aromatic carbocycles. The Bertz CT molecular complexity index is 276. The summed E-state index contributed by atoms with van der Waals surface area (Å²) in [5.74, 6) is 0.670. The summed E-state index contributed by atoms with van der Waals surface area (Å²) in [6.45, 7) is 4.77. The normalized spacial score (nSPS) is 10.3. The summed E-state index contributed by atoms with van der Waals surface area (Å²) in [4.78, 5) is 1.10. The summed E-state index contributed by atoms with van der Waals surface area (Å²) >= 11 is 1.63. The van der Waals surface area contributed by atoms with Crippen molar-refractivity contribution in [1.29, 1.82) is 0 Å². The van der Waals surface area contributed by atoms with Gasteiger partial charge in [-0.3, -0.25) is 0 Å². The number of anilines is 1. The maximum absolute atomic E-state index is 5.83. The van der Waals surface area contributed by atoms with Crippen LogP contribution in [0.1, 0.15) is 12.5 Å². The third-order valence-electron chi connectivity index (χ3n) is 1.67. The SMILES string of the molecule is CCOCSc1ccc(C)cc1N. The molecule has 0 bridgehead atoms. The molecular weight excluding hydrogens is 182 g/mol. The number of hydrogen-bond donors (Lipinski definition) is 1. The van der Waals surface area contributed by atoms with Crippen LogP contribution in [0, 0.1) is 6.92 Å². The first-order chi connectivity index (χ1) is 6.24. The van der Waals surface area contributed by atoms with E-state index in [0.717, 1.165) is 17.2 Å². The third kappa shape index (κ3) is 3.28. The molecular formula is C10H15NOS. The maximum Gasteiger partial charge on any atom is 0.0967 e. The van der Waals surface area contributed by atoms with Crippen LogP contribution in [-0.4, -0.2) is 12.5 Å². The van der Waals surface area contributed by atoms with Gasteiger partial charge in [-0.05, 0) is 31.5 Å². The highest BCUT2D eigenvalue weighted by Gasteiger charge is 1.98. The molecule has 3 heteroatoms. The molecule has 0 aliphatic rings. The van der Waals surface area contributed by atoms with Gasteiger partial charge >= 0.3 is 0 Å². The molecule has 1 rings (SSSR count). The van der Waals surface area contributed by atoms with Crippen LogP contribution in [0.15, 0.2) is 23.1 Å². The lowest BCUT2D eigenvalue weighted by molar-refractivity contribution is 0.199. The predicted octanol–water partition coefficient (Wildman–Crippen LogP) is 2.66. The van der Waals surface area contributed by atoms with Crippen molar-refractivity contribution in [2.75, 3.05) is 18.3 Å². The lowest BCUT2D eigenvalue weighted by Gasteiger charge is -2.05. The average molecular weight is 197 g/mol. The second-order valence-corrected chi connectivity index (χ2v) is 3.76. The number of aryl methyl sites for hydroxylation is 1. The summed E-state index contributed by atoms with van der Waals surface area (Å²) in [5, 5.41) is 0. The number of nitrogens with two attached hydrogens (primary N) is 1. The summed E-state index contributed by atoms with van der Waals surface area (Å²) in [6.07, 6.45) is 0. The van der Waals surface area contributed by atoms with Gasteiger partial charge in [-0.2, -0.15) is 0 Å². The Kier molecular flexibility index (Phi) is 4.12. The minimum absolute atomic E-state index is 0.670. The van der Waals surface area contributed by atoms with Gasteiger partial charge in [-0.25, -0.2) is 0 Å². The molecule has 2 nitrogen and oxygen atoms in total. The molecule has 72 valence electrons. The maximum atomic E-state index is 5.83. The van der Waals surface area contributed by atoms with Crippen LogP contribution in [0.2, 0.25) is 0 Å². The predicted molar refractivity (Wildman–Crippen MR) is 57.9 cm³/mol. The summed E-state index contributed by atoms with van der Waals surface area (Å²) in [6, 6.07) is 6.08. The fraction of sp³-hybridized carbons (Fsp3) is 0.400. The molecule has 0 heterocycles. The first kappa shape index (κ1) is 10.4. The van der Waals surface area contributed by atoms with Gasteiger partial charge in [0.25, 0.3) is 0 Å². The van der Waals surface area contributed by atoms with Crippen molar-refractivity contribution >= 4 is 17.4 Å². The Morgan fingerprint density at radius 3 is 2.85 bits per heavy atom.